The van der Waals surface area contributed by atoms with Gasteiger partial charge in [0, 0.05) is 24.8 Å². The second-order valence-corrected chi connectivity index (χ2v) is 6.56. The van der Waals surface area contributed by atoms with Crippen molar-refractivity contribution in [3.8, 4) is 0 Å². The van der Waals surface area contributed by atoms with Gasteiger partial charge in [-0.3, -0.25) is 14.9 Å². The van der Waals surface area contributed by atoms with E-state index >= 15 is 0 Å². The lowest BCUT2D eigenvalue weighted by atomic mass is 10.1. The molecule has 1 aliphatic heterocycles. The lowest BCUT2D eigenvalue weighted by Gasteiger charge is -2.18. The molecule has 1 heterocycles. The van der Waals surface area contributed by atoms with Crippen molar-refractivity contribution in [3.05, 3.63) is 64.2 Å². The fourth-order valence-corrected chi connectivity index (χ4v) is 3.07. The SMILES string of the molecule is CC(OC(=O)c1ccc(N2CCCC2)c([N+](=O)[O-])c1)C(=O)Nc1ccccc1. The van der Waals surface area contributed by atoms with E-state index in [-0.39, 0.29) is 11.3 Å². The Balaban J connectivity index is 1.70. The van der Waals surface area contributed by atoms with Crippen LogP contribution in [0.3, 0.4) is 0 Å². The van der Waals surface area contributed by atoms with E-state index in [2.05, 4.69) is 5.32 Å². The zero-order chi connectivity index (χ0) is 20.1. The van der Waals surface area contributed by atoms with Crippen molar-refractivity contribution in [2.24, 2.45) is 0 Å². The number of carbonyl (C=O) groups is 2. The first-order valence-electron chi connectivity index (χ1n) is 9.06. The Morgan fingerprint density at radius 1 is 1.14 bits per heavy atom. The lowest BCUT2D eigenvalue weighted by molar-refractivity contribution is -0.384. The predicted molar refractivity (Wildman–Crippen MR) is 104 cm³/mol. The Morgan fingerprint density at radius 3 is 2.46 bits per heavy atom. The van der Waals surface area contributed by atoms with Gasteiger partial charge in [-0.2, -0.15) is 0 Å². The monoisotopic (exact) mass is 383 g/mol. The standard InChI is InChI=1S/C20H21N3O5/c1-14(19(24)21-16-7-3-2-4-8-16)28-20(25)15-9-10-17(18(13-15)23(26)27)22-11-5-6-12-22/h2-4,7-10,13-14H,5-6,11-12H2,1H3,(H,21,24). The maximum Gasteiger partial charge on any atom is 0.339 e. The fourth-order valence-electron chi connectivity index (χ4n) is 3.07. The first-order chi connectivity index (χ1) is 13.5. The molecule has 1 unspecified atom stereocenters. The summed E-state index contributed by atoms with van der Waals surface area (Å²) in [7, 11) is 0. The molecule has 146 valence electrons. The van der Waals surface area contributed by atoms with E-state index in [1.165, 1.54) is 19.1 Å². The van der Waals surface area contributed by atoms with Crippen LogP contribution in [0.5, 0.6) is 0 Å². The average molecular weight is 383 g/mol. The Hall–Kier alpha value is -3.42. The van der Waals surface area contributed by atoms with Gasteiger partial charge in [0.2, 0.25) is 0 Å². The highest BCUT2D eigenvalue weighted by molar-refractivity contribution is 5.97. The molecule has 1 fully saturated rings. The number of esters is 1. The number of benzene rings is 2. The minimum atomic E-state index is -1.05. The quantitative estimate of drug-likeness (QED) is 0.466. The van der Waals surface area contributed by atoms with E-state index < -0.39 is 22.9 Å². The van der Waals surface area contributed by atoms with Gasteiger partial charge >= 0.3 is 5.97 Å². The second-order valence-electron chi connectivity index (χ2n) is 6.56. The number of ether oxygens (including phenoxy) is 1. The number of nitrogens with zero attached hydrogens (tertiary/aromatic N) is 2. The van der Waals surface area contributed by atoms with E-state index in [1.807, 2.05) is 11.0 Å². The molecule has 3 rings (SSSR count). The third-order valence-corrected chi connectivity index (χ3v) is 4.55. The molecule has 0 aliphatic carbocycles. The number of para-hydroxylation sites is 1. The van der Waals surface area contributed by atoms with Gasteiger partial charge in [0.25, 0.3) is 11.6 Å². The van der Waals surface area contributed by atoms with E-state index in [1.54, 1.807) is 30.3 Å². The topological polar surface area (TPSA) is 102 Å². The molecule has 0 aromatic heterocycles. The van der Waals surface area contributed by atoms with Gasteiger partial charge in [-0.05, 0) is 44.0 Å². The van der Waals surface area contributed by atoms with Crippen LogP contribution in [0.15, 0.2) is 48.5 Å². The van der Waals surface area contributed by atoms with Crippen molar-refractivity contribution < 1.29 is 19.2 Å². The molecule has 8 nitrogen and oxygen atoms in total. The van der Waals surface area contributed by atoms with Gasteiger partial charge in [-0.15, -0.1) is 0 Å². The summed E-state index contributed by atoms with van der Waals surface area (Å²) < 4.78 is 5.18. The van der Waals surface area contributed by atoms with Crippen LogP contribution in [0.1, 0.15) is 30.1 Å². The first kappa shape index (κ1) is 19.3. The Bertz CT molecular complexity index is 879. The van der Waals surface area contributed by atoms with Gasteiger partial charge in [0.1, 0.15) is 5.69 Å². The maximum atomic E-state index is 12.4. The van der Waals surface area contributed by atoms with Crippen LogP contribution < -0.4 is 10.2 Å². The third kappa shape index (κ3) is 4.46. The zero-order valence-electron chi connectivity index (χ0n) is 15.5. The molecular weight excluding hydrogens is 362 g/mol. The molecule has 0 spiro atoms. The maximum absolute atomic E-state index is 12.4. The minimum Gasteiger partial charge on any atom is -0.449 e. The highest BCUT2D eigenvalue weighted by atomic mass is 16.6. The third-order valence-electron chi connectivity index (χ3n) is 4.55. The molecule has 0 bridgehead atoms. The molecule has 8 heteroatoms. The van der Waals surface area contributed by atoms with E-state index in [4.69, 9.17) is 4.74 Å². The van der Waals surface area contributed by atoms with Crippen LogP contribution in [-0.2, 0) is 9.53 Å². The number of carbonyl (C=O) groups excluding carboxylic acids is 2. The van der Waals surface area contributed by atoms with Crippen molar-refractivity contribution in [3.63, 3.8) is 0 Å². The number of nitro benzene ring substituents is 1. The van der Waals surface area contributed by atoms with Gasteiger partial charge < -0.3 is 15.0 Å². The summed E-state index contributed by atoms with van der Waals surface area (Å²) in [6.07, 6.45) is 0.911. The summed E-state index contributed by atoms with van der Waals surface area (Å²) in [6, 6.07) is 13.1. The molecule has 1 aliphatic rings. The number of amides is 1. The van der Waals surface area contributed by atoms with Crippen LogP contribution in [0.2, 0.25) is 0 Å². The predicted octanol–water partition coefficient (Wildman–Crippen LogP) is 3.38. The minimum absolute atomic E-state index is 0.0361. The molecule has 0 radical (unpaired) electrons. The van der Waals surface area contributed by atoms with E-state index in [0.29, 0.717) is 11.4 Å². The molecule has 1 saturated heterocycles. The summed E-state index contributed by atoms with van der Waals surface area (Å²) in [5.74, 6) is -1.27. The van der Waals surface area contributed by atoms with Crippen molar-refractivity contribution in [2.75, 3.05) is 23.3 Å². The number of rotatable bonds is 6. The zero-order valence-corrected chi connectivity index (χ0v) is 15.5. The molecule has 1 amide bonds. The van der Waals surface area contributed by atoms with Gasteiger partial charge in [-0.1, -0.05) is 18.2 Å². The van der Waals surface area contributed by atoms with Crippen molar-refractivity contribution in [1.82, 2.24) is 0 Å². The highest BCUT2D eigenvalue weighted by Crippen LogP contribution is 2.32. The first-order valence-corrected chi connectivity index (χ1v) is 9.06. The molecule has 2 aromatic rings. The molecule has 1 N–H and O–H groups in total. The summed E-state index contributed by atoms with van der Waals surface area (Å²) in [4.78, 5) is 37.4. The van der Waals surface area contributed by atoms with E-state index in [9.17, 15) is 19.7 Å². The molecule has 1 atom stereocenters. The Kier molecular flexibility index (Phi) is 5.88. The summed E-state index contributed by atoms with van der Waals surface area (Å²) >= 11 is 0. The highest BCUT2D eigenvalue weighted by Gasteiger charge is 2.25. The number of nitrogens with one attached hydrogen (secondary N) is 1. The van der Waals surface area contributed by atoms with Gasteiger partial charge in [-0.25, -0.2) is 4.79 Å². The van der Waals surface area contributed by atoms with Crippen molar-refractivity contribution in [1.29, 1.82) is 0 Å². The molecule has 0 saturated carbocycles. The summed E-state index contributed by atoms with van der Waals surface area (Å²) in [5.41, 5.74) is 0.974. The number of anilines is 2. The Labute approximate surface area is 162 Å². The second kappa shape index (κ2) is 8.51. The lowest BCUT2D eigenvalue weighted by Crippen LogP contribution is -2.30. The fraction of sp³-hybridized carbons (Fsp3) is 0.300. The summed E-state index contributed by atoms with van der Waals surface area (Å²) in [6.45, 7) is 2.95. The molecular formula is C20H21N3O5. The van der Waals surface area contributed by atoms with Crippen LogP contribution in [0.4, 0.5) is 17.1 Å². The largest absolute Gasteiger partial charge is 0.449 e. The van der Waals surface area contributed by atoms with Crippen LogP contribution in [-0.4, -0.2) is 36.0 Å². The van der Waals surface area contributed by atoms with Crippen molar-refractivity contribution >= 4 is 28.9 Å². The van der Waals surface area contributed by atoms with Crippen LogP contribution in [0, 0.1) is 10.1 Å². The normalized spacial score (nSPS) is 14.4. The van der Waals surface area contributed by atoms with Gasteiger partial charge in [0.15, 0.2) is 6.10 Å². The van der Waals surface area contributed by atoms with Crippen LogP contribution >= 0.6 is 0 Å². The number of nitro groups is 1. The number of hydrogen-bond donors (Lipinski definition) is 1. The molecule has 2 aromatic carbocycles. The smallest absolute Gasteiger partial charge is 0.339 e. The Morgan fingerprint density at radius 2 is 1.82 bits per heavy atom. The number of hydrogen-bond acceptors (Lipinski definition) is 6. The van der Waals surface area contributed by atoms with Crippen molar-refractivity contribution in [2.45, 2.75) is 25.9 Å². The van der Waals surface area contributed by atoms with E-state index in [0.717, 1.165) is 25.9 Å². The van der Waals surface area contributed by atoms with Gasteiger partial charge in [0.05, 0.1) is 10.5 Å². The summed E-state index contributed by atoms with van der Waals surface area (Å²) in [5, 5.41) is 14.1. The molecule has 28 heavy (non-hydrogen) atoms. The average Bonchev–Trinajstić information content (AvgIpc) is 3.22. The van der Waals surface area contributed by atoms with Crippen LogP contribution in [0.25, 0.3) is 0 Å².